The topological polar surface area (TPSA) is 95.6 Å². The summed E-state index contributed by atoms with van der Waals surface area (Å²) in [4.78, 5) is 24.9. The number of nitrogens with zero attached hydrogens (tertiary/aromatic N) is 1. The molecule has 2 amide bonds. The number of rotatable bonds is 6. The lowest BCUT2D eigenvalue weighted by Gasteiger charge is -2.31. The van der Waals surface area contributed by atoms with E-state index in [1.165, 1.54) is 24.3 Å². The van der Waals surface area contributed by atoms with E-state index in [4.69, 9.17) is 0 Å². The standard InChI is InChI=1S/C21H21F4N3O4S/c22-15-7-9-16(10-8-15)33(31,32)28-11-3-4-14(12-28)19(29)27-18-6-2-1-5-17(18)20(30)26-13-21(23,24)25/h1-2,5-10,14H,3-4,11-13H2,(H,26,30)(H,27,29). The number of alkyl halides is 3. The van der Waals surface area contributed by atoms with Crippen molar-refractivity contribution in [1.29, 1.82) is 0 Å². The predicted molar refractivity (Wildman–Crippen MR) is 111 cm³/mol. The Morgan fingerprint density at radius 1 is 1.06 bits per heavy atom. The second-order valence-electron chi connectivity index (χ2n) is 7.49. The molecule has 2 N–H and O–H groups in total. The van der Waals surface area contributed by atoms with Crippen molar-refractivity contribution in [2.24, 2.45) is 5.92 Å². The molecule has 1 heterocycles. The summed E-state index contributed by atoms with van der Waals surface area (Å²) in [7, 11) is -3.95. The number of carbonyl (C=O) groups is 2. The fraction of sp³-hybridized carbons (Fsp3) is 0.333. The first kappa shape index (κ1) is 24.6. The molecule has 12 heteroatoms. The fourth-order valence-electron chi connectivity index (χ4n) is 3.43. The third-order valence-corrected chi connectivity index (χ3v) is 6.96. The Bertz CT molecular complexity index is 1120. The average molecular weight is 487 g/mol. The first-order valence-corrected chi connectivity index (χ1v) is 11.4. The number of sulfonamides is 1. The van der Waals surface area contributed by atoms with E-state index in [0.717, 1.165) is 28.6 Å². The van der Waals surface area contributed by atoms with Crippen LogP contribution in [0.1, 0.15) is 23.2 Å². The summed E-state index contributed by atoms with van der Waals surface area (Å²) in [6.45, 7) is -1.47. The molecule has 0 aliphatic carbocycles. The fourth-order valence-corrected chi connectivity index (χ4v) is 4.95. The number of carbonyl (C=O) groups excluding carboxylic acids is 2. The first-order chi connectivity index (χ1) is 15.5. The van der Waals surface area contributed by atoms with Gasteiger partial charge in [-0.3, -0.25) is 9.59 Å². The molecule has 0 bridgehead atoms. The van der Waals surface area contributed by atoms with E-state index in [0.29, 0.717) is 12.8 Å². The van der Waals surface area contributed by atoms with Gasteiger partial charge in [-0.15, -0.1) is 0 Å². The zero-order valence-electron chi connectivity index (χ0n) is 17.2. The normalized spacial score (nSPS) is 17.4. The van der Waals surface area contributed by atoms with Gasteiger partial charge < -0.3 is 10.6 Å². The van der Waals surface area contributed by atoms with Crippen molar-refractivity contribution >= 4 is 27.5 Å². The minimum atomic E-state index is -4.59. The van der Waals surface area contributed by atoms with Gasteiger partial charge in [-0.2, -0.15) is 17.5 Å². The molecule has 1 aliphatic rings. The molecule has 3 rings (SSSR count). The van der Waals surface area contributed by atoms with Crippen LogP contribution in [0, 0.1) is 11.7 Å². The molecule has 1 atom stereocenters. The van der Waals surface area contributed by atoms with Gasteiger partial charge in [0.25, 0.3) is 5.91 Å². The van der Waals surface area contributed by atoms with E-state index in [-0.39, 0.29) is 29.2 Å². The van der Waals surface area contributed by atoms with Crippen LogP contribution in [0.4, 0.5) is 23.2 Å². The van der Waals surface area contributed by atoms with Gasteiger partial charge >= 0.3 is 6.18 Å². The number of hydrogen-bond donors (Lipinski definition) is 2. The molecule has 0 radical (unpaired) electrons. The van der Waals surface area contributed by atoms with Crippen LogP contribution in [-0.4, -0.2) is 50.3 Å². The maximum atomic E-state index is 13.1. The Labute approximate surface area is 187 Å². The van der Waals surface area contributed by atoms with Gasteiger partial charge in [-0.05, 0) is 49.2 Å². The smallest absolute Gasteiger partial charge is 0.343 e. The Hall–Kier alpha value is -2.99. The van der Waals surface area contributed by atoms with Gasteiger partial charge in [0.2, 0.25) is 15.9 Å². The summed E-state index contributed by atoms with van der Waals surface area (Å²) in [6, 6.07) is 9.93. The Morgan fingerprint density at radius 2 is 1.73 bits per heavy atom. The third-order valence-electron chi connectivity index (χ3n) is 5.09. The van der Waals surface area contributed by atoms with Crippen molar-refractivity contribution in [1.82, 2.24) is 9.62 Å². The van der Waals surface area contributed by atoms with Crippen LogP contribution in [0.15, 0.2) is 53.4 Å². The number of benzene rings is 2. The number of para-hydroxylation sites is 1. The van der Waals surface area contributed by atoms with Gasteiger partial charge in [0, 0.05) is 13.1 Å². The van der Waals surface area contributed by atoms with Crippen molar-refractivity contribution in [2.75, 3.05) is 25.0 Å². The summed E-state index contributed by atoms with van der Waals surface area (Å²) in [6.07, 6.45) is -3.81. The lowest BCUT2D eigenvalue weighted by Crippen LogP contribution is -2.43. The lowest BCUT2D eigenvalue weighted by atomic mass is 9.98. The molecule has 1 unspecified atom stereocenters. The second-order valence-corrected chi connectivity index (χ2v) is 9.43. The van der Waals surface area contributed by atoms with E-state index >= 15 is 0 Å². The van der Waals surface area contributed by atoms with E-state index in [2.05, 4.69) is 5.32 Å². The highest BCUT2D eigenvalue weighted by molar-refractivity contribution is 7.89. The molecule has 1 aliphatic heterocycles. The summed E-state index contributed by atoms with van der Waals surface area (Å²) in [5, 5.41) is 4.28. The molecular formula is C21H21F4N3O4S. The van der Waals surface area contributed by atoms with Crippen LogP contribution < -0.4 is 10.6 Å². The first-order valence-electron chi connectivity index (χ1n) is 9.98. The maximum Gasteiger partial charge on any atom is 0.405 e. The largest absolute Gasteiger partial charge is 0.405 e. The average Bonchev–Trinajstić information content (AvgIpc) is 2.77. The highest BCUT2D eigenvalue weighted by Gasteiger charge is 2.34. The zero-order valence-corrected chi connectivity index (χ0v) is 18.0. The number of amides is 2. The van der Waals surface area contributed by atoms with Crippen molar-refractivity contribution in [3.63, 3.8) is 0 Å². The van der Waals surface area contributed by atoms with Gasteiger partial charge in [0.05, 0.1) is 22.1 Å². The van der Waals surface area contributed by atoms with Crippen LogP contribution >= 0.6 is 0 Å². The molecular weight excluding hydrogens is 466 g/mol. The maximum absolute atomic E-state index is 13.1. The van der Waals surface area contributed by atoms with Crippen LogP contribution in [0.5, 0.6) is 0 Å². The molecule has 2 aromatic carbocycles. The van der Waals surface area contributed by atoms with Crippen LogP contribution in [-0.2, 0) is 14.8 Å². The highest BCUT2D eigenvalue weighted by Crippen LogP contribution is 2.26. The molecule has 178 valence electrons. The third kappa shape index (κ3) is 6.29. The van der Waals surface area contributed by atoms with Gasteiger partial charge in [0.1, 0.15) is 12.4 Å². The minimum absolute atomic E-state index is 0.0145. The molecule has 0 aromatic heterocycles. The van der Waals surface area contributed by atoms with Crippen molar-refractivity contribution < 1.29 is 35.6 Å². The summed E-state index contributed by atoms with van der Waals surface area (Å²) in [5.41, 5.74) is -0.137. The molecule has 0 spiro atoms. The molecule has 1 saturated heterocycles. The lowest BCUT2D eigenvalue weighted by molar-refractivity contribution is -0.123. The van der Waals surface area contributed by atoms with E-state index < -0.39 is 46.3 Å². The molecule has 1 fully saturated rings. The van der Waals surface area contributed by atoms with Crippen molar-refractivity contribution in [2.45, 2.75) is 23.9 Å². The number of hydrogen-bond acceptors (Lipinski definition) is 4. The zero-order chi connectivity index (χ0) is 24.2. The van der Waals surface area contributed by atoms with Crippen LogP contribution in [0.25, 0.3) is 0 Å². The number of nitrogens with one attached hydrogen (secondary N) is 2. The minimum Gasteiger partial charge on any atom is -0.343 e. The summed E-state index contributed by atoms with van der Waals surface area (Å²) in [5.74, 6) is -2.90. The SMILES string of the molecule is O=C(NCC(F)(F)F)c1ccccc1NC(=O)C1CCCN(S(=O)(=O)c2ccc(F)cc2)C1. The molecule has 2 aromatic rings. The van der Waals surface area contributed by atoms with E-state index in [1.807, 2.05) is 0 Å². The number of piperidine rings is 1. The van der Waals surface area contributed by atoms with Crippen molar-refractivity contribution in [3.8, 4) is 0 Å². The Balaban J connectivity index is 1.71. The van der Waals surface area contributed by atoms with Crippen LogP contribution in [0.2, 0.25) is 0 Å². The quantitative estimate of drug-likeness (QED) is 0.612. The molecule has 33 heavy (non-hydrogen) atoms. The predicted octanol–water partition coefficient (Wildman–Crippen LogP) is 3.16. The summed E-state index contributed by atoms with van der Waals surface area (Å²) >= 11 is 0. The van der Waals surface area contributed by atoms with Crippen LogP contribution in [0.3, 0.4) is 0 Å². The van der Waals surface area contributed by atoms with Gasteiger partial charge in [-0.1, -0.05) is 12.1 Å². The Kier molecular flexibility index (Phi) is 7.38. The summed E-state index contributed by atoms with van der Waals surface area (Å²) < 4.78 is 77.2. The Morgan fingerprint density at radius 3 is 2.39 bits per heavy atom. The highest BCUT2D eigenvalue weighted by atomic mass is 32.2. The molecule has 0 saturated carbocycles. The number of anilines is 1. The van der Waals surface area contributed by atoms with Crippen molar-refractivity contribution in [3.05, 3.63) is 59.9 Å². The number of halogens is 4. The van der Waals surface area contributed by atoms with E-state index in [9.17, 15) is 35.6 Å². The van der Waals surface area contributed by atoms with Gasteiger partial charge in [-0.25, -0.2) is 12.8 Å². The monoisotopic (exact) mass is 487 g/mol. The van der Waals surface area contributed by atoms with E-state index in [1.54, 1.807) is 5.32 Å². The second kappa shape index (κ2) is 9.87. The molecule has 7 nitrogen and oxygen atoms in total. The van der Waals surface area contributed by atoms with Gasteiger partial charge in [0.15, 0.2) is 0 Å².